The number of piperidine rings is 2. The monoisotopic (exact) mass is 453 g/mol. The van der Waals surface area contributed by atoms with E-state index in [0.717, 1.165) is 30.8 Å². The van der Waals surface area contributed by atoms with Gasteiger partial charge in [-0.3, -0.25) is 34.2 Å². The molecule has 4 aliphatic rings. The van der Waals surface area contributed by atoms with Crippen LogP contribution in [0.1, 0.15) is 46.4 Å². The summed E-state index contributed by atoms with van der Waals surface area (Å²) in [6.45, 7) is 3.98. The quantitative estimate of drug-likeness (QED) is 0.605. The lowest BCUT2D eigenvalue weighted by Crippen LogP contribution is -2.54. The van der Waals surface area contributed by atoms with Gasteiger partial charge < -0.3 is 15.1 Å². The number of anilines is 1. The Hall–Kier alpha value is -3.27. The first kappa shape index (κ1) is 21.6. The minimum atomic E-state index is -0.984. The fourth-order valence-electron chi connectivity index (χ4n) is 5.26. The van der Waals surface area contributed by atoms with Crippen LogP contribution in [0.2, 0.25) is 0 Å². The molecule has 0 radical (unpaired) electrons. The number of amides is 5. The van der Waals surface area contributed by atoms with Gasteiger partial charge in [-0.1, -0.05) is 6.07 Å². The number of piperazine rings is 1. The number of hydrogen-bond acceptors (Lipinski definition) is 7. The van der Waals surface area contributed by atoms with Gasteiger partial charge in [0.2, 0.25) is 17.7 Å². The number of benzene rings is 1. The van der Waals surface area contributed by atoms with E-state index in [1.807, 2.05) is 15.9 Å². The van der Waals surface area contributed by atoms with Gasteiger partial charge in [-0.25, -0.2) is 0 Å². The number of nitrogens with zero attached hydrogens (tertiary/aromatic N) is 3. The molecule has 33 heavy (non-hydrogen) atoms. The molecular weight excluding hydrogens is 426 g/mol. The van der Waals surface area contributed by atoms with Gasteiger partial charge in [0.15, 0.2) is 0 Å². The van der Waals surface area contributed by atoms with E-state index in [2.05, 4.69) is 10.6 Å². The number of rotatable bonds is 3. The Bertz CT molecular complexity index is 1030. The van der Waals surface area contributed by atoms with Crippen LogP contribution in [0, 0.1) is 5.92 Å². The minimum absolute atomic E-state index is 0.0695. The van der Waals surface area contributed by atoms with Gasteiger partial charge in [0.05, 0.1) is 16.8 Å². The molecule has 3 fully saturated rings. The molecule has 10 heteroatoms. The maximum Gasteiger partial charge on any atom is 0.264 e. The summed E-state index contributed by atoms with van der Waals surface area (Å²) in [6, 6.07) is 4.16. The third-order valence-electron chi connectivity index (χ3n) is 7.07. The minimum Gasteiger partial charge on any atom is -0.367 e. The smallest absolute Gasteiger partial charge is 0.264 e. The Morgan fingerprint density at radius 2 is 1.64 bits per heavy atom. The van der Waals surface area contributed by atoms with Crippen molar-refractivity contribution in [3.05, 3.63) is 29.3 Å². The van der Waals surface area contributed by atoms with Gasteiger partial charge >= 0.3 is 0 Å². The van der Waals surface area contributed by atoms with Crippen molar-refractivity contribution < 1.29 is 24.0 Å². The van der Waals surface area contributed by atoms with E-state index in [-0.39, 0.29) is 30.2 Å². The van der Waals surface area contributed by atoms with E-state index in [0.29, 0.717) is 37.4 Å². The van der Waals surface area contributed by atoms with Crippen molar-refractivity contribution in [2.24, 2.45) is 5.92 Å². The molecule has 5 amide bonds. The molecule has 174 valence electrons. The number of fused-ring (bicyclic) bond motifs is 1. The summed E-state index contributed by atoms with van der Waals surface area (Å²) in [5, 5.41) is 5.50. The van der Waals surface area contributed by atoms with Crippen molar-refractivity contribution in [3.8, 4) is 0 Å². The van der Waals surface area contributed by atoms with Crippen LogP contribution in [0.5, 0.6) is 0 Å². The molecule has 0 saturated carbocycles. The molecule has 0 aromatic heterocycles. The largest absolute Gasteiger partial charge is 0.367 e. The van der Waals surface area contributed by atoms with Crippen LogP contribution < -0.4 is 15.5 Å². The molecule has 4 aliphatic heterocycles. The first-order chi connectivity index (χ1) is 16.0. The standard InChI is InChI=1S/C23H27N5O5/c29-18-5-4-17(20(30)25-18)28-22(32)15-2-1-3-16(19(15)23(28)33)26-10-12-27(13-11-26)21(31)14-6-8-24-9-7-14/h1-3,14,17,24H,4-13H2,(H,25,29,30). The van der Waals surface area contributed by atoms with Crippen LogP contribution in [0.25, 0.3) is 0 Å². The van der Waals surface area contributed by atoms with Crippen molar-refractivity contribution >= 4 is 35.2 Å². The number of carbonyl (C=O) groups excluding carboxylic acids is 5. The molecule has 1 aromatic rings. The van der Waals surface area contributed by atoms with E-state index < -0.39 is 29.7 Å². The second kappa shape index (κ2) is 8.58. The van der Waals surface area contributed by atoms with E-state index in [4.69, 9.17) is 0 Å². The fourth-order valence-corrected chi connectivity index (χ4v) is 5.26. The molecule has 0 spiro atoms. The summed E-state index contributed by atoms with van der Waals surface area (Å²) in [7, 11) is 0. The van der Waals surface area contributed by atoms with E-state index >= 15 is 0 Å². The normalized spacial score (nSPS) is 24.2. The summed E-state index contributed by atoms with van der Waals surface area (Å²) in [5.41, 5.74) is 1.22. The van der Waals surface area contributed by atoms with Crippen LogP contribution >= 0.6 is 0 Å². The van der Waals surface area contributed by atoms with Gasteiger partial charge in [-0.2, -0.15) is 0 Å². The Morgan fingerprint density at radius 1 is 0.909 bits per heavy atom. The molecule has 0 bridgehead atoms. The highest BCUT2D eigenvalue weighted by Gasteiger charge is 2.46. The van der Waals surface area contributed by atoms with E-state index in [9.17, 15) is 24.0 Å². The third kappa shape index (κ3) is 3.78. The Kier molecular flexibility index (Phi) is 5.61. The highest BCUT2D eigenvalue weighted by molar-refractivity contribution is 6.25. The predicted octanol–water partition coefficient (Wildman–Crippen LogP) is -0.264. The molecule has 1 unspecified atom stereocenters. The maximum atomic E-state index is 13.3. The highest BCUT2D eigenvalue weighted by atomic mass is 16.2. The highest BCUT2D eigenvalue weighted by Crippen LogP contribution is 2.34. The van der Waals surface area contributed by atoms with Crippen LogP contribution in [0.4, 0.5) is 5.69 Å². The molecule has 10 nitrogen and oxygen atoms in total. The summed E-state index contributed by atoms with van der Waals surface area (Å²) in [4.78, 5) is 68.0. The molecule has 0 aliphatic carbocycles. The zero-order valence-corrected chi connectivity index (χ0v) is 18.3. The van der Waals surface area contributed by atoms with Crippen LogP contribution in [0.15, 0.2) is 18.2 Å². The lowest BCUT2D eigenvalue weighted by Gasteiger charge is -2.38. The lowest BCUT2D eigenvalue weighted by atomic mass is 9.96. The van der Waals surface area contributed by atoms with Crippen LogP contribution in [-0.4, -0.2) is 84.6 Å². The molecule has 1 atom stereocenters. The molecule has 4 heterocycles. The first-order valence-electron chi connectivity index (χ1n) is 11.5. The SMILES string of the molecule is O=C1CCC(N2C(=O)c3cccc(N4CCN(C(=O)C5CCNCC5)CC4)c3C2=O)C(=O)N1. The summed E-state index contributed by atoms with van der Waals surface area (Å²) >= 11 is 0. The van der Waals surface area contributed by atoms with Gasteiger partial charge in [0, 0.05) is 38.5 Å². The lowest BCUT2D eigenvalue weighted by molar-refractivity contribution is -0.137. The van der Waals surface area contributed by atoms with Crippen molar-refractivity contribution in [2.75, 3.05) is 44.2 Å². The summed E-state index contributed by atoms with van der Waals surface area (Å²) in [5.74, 6) is -1.76. The molecule has 1 aromatic carbocycles. The number of nitrogens with one attached hydrogen (secondary N) is 2. The topological polar surface area (TPSA) is 119 Å². The molecule has 5 rings (SSSR count). The average molecular weight is 453 g/mol. The third-order valence-corrected chi connectivity index (χ3v) is 7.07. The second-order valence-corrected chi connectivity index (χ2v) is 8.98. The average Bonchev–Trinajstić information content (AvgIpc) is 3.09. The number of carbonyl (C=O) groups is 5. The predicted molar refractivity (Wildman–Crippen MR) is 118 cm³/mol. The van der Waals surface area contributed by atoms with Crippen molar-refractivity contribution in [1.29, 1.82) is 0 Å². The number of imide groups is 2. The molecular formula is C23H27N5O5. The zero-order chi connectivity index (χ0) is 23.1. The Morgan fingerprint density at radius 3 is 2.33 bits per heavy atom. The first-order valence-corrected chi connectivity index (χ1v) is 11.5. The zero-order valence-electron chi connectivity index (χ0n) is 18.3. The van der Waals surface area contributed by atoms with Gasteiger partial charge in [0.25, 0.3) is 11.8 Å². The van der Waals surface area contributed by atoms with Gasteiger partial charge in [-0.05, 0) is 44.5 Å². The summed E-state index contributed by atoms with van der Waals surface area (Å²) < 4.78 is 0. The van der Waals surface area contributed by atoms with Gasteiger partial charge in [0.1, 0.15) is 6.04 Å². The summed E-state index contributed by atoms with van der Waals surface area (Å²) in [6.07, 6.45) is 1.93. The van der Waals surface area contributed by atoms with Crippen LogP contribution in [0.3, 0.4) is 0 Å². The molecule has 3 saturated heterocycles. The fraction of sp³-hybridized carbons (Fsp3) is 0.522. The molecule has 2 N–H and O–H groups in total. The van der Waals surface area contributed by atoms with E-state index in [1.54, 1.807) is 12.1 Å². The van der Waals surface area contributed by atoms with Crippen molar-refractivity contribution in [3.63, 3.8) is 0 Å². The number of hydrogen-bond donors (Lipinski definition) is 2. The Balaban J connectivity index is 1.32. The second-order valence-electron chi connectivity index (χ2n) is 8.98. The van der Waals surface area contributed by atoms with Gasteiger partial charge in [-0.15, -0.1) is 0 Å². The van der Waals surface area contributed by atoms with E-state index in [1.165, 1.54) is 0 Å². The van der Waals surface area contributed by atoms with Crippen molar-refractivity contribution in [2.45, 2.75) is 31.7 Å². The van der Waals surface area contributed by atoms with Crippen molar-refractivity contribution in [1.82, 2.24) is 20.4 Å². The van der Waals surface area contributed by atoms with Crippen LogP contribution in [-0.2, 0) is 14.4 Å². The maximum absolute atomic E-state index is 13.3. The Labute approximate surface area is 191 Å².